The lowest BCUT2D eigenvalue weighted by molar-refractivity contribution is -0.274. The second kappa shape index (κ2) is 9.98. The van der Waals surface area contributed by atoms with Crippen molar-refractivity contribution in [2.45, 2.75) is 24.3 Å². The Morgan fingerprint density at radius 1 is 1.21 bits per heavy atom. The van der Waals surface area contributed by atoms with E-state index in [9.17, 15) is 37.7 Å². The molecule has 2 unspecified atom stereocenters. The molecule has 33 heavy (non-hydrogen) atoms. The maximum absolute atomic E-state index is 14.8. The Labute approximate surface area is 182 Å². The first-order chi connectivity index (χ1) is 15.0. The van der Waals surface area contributed by atoms with Crippen LogP contribution in [-0.2, 0) is 36.3 Å². The maximum atomic E-state index is 14.8. The number of hydrogen-bond donors (Lipinski definition) is 6. The van der Waals surface area contributed by atoms with E-state index < -0.39 is 72.2 Å². The van der Waals surface area contributed by atoms with E-state index in [0.29, 0.717) is 4.57 Å². The molecule has 0 bridgehead atoms. The fourth-order valence-corrected chi connectivity index (χ4v) is 5.53. The van der Waals surface area contributed by atoms with Gasteiger partial charge < -0.3 is 34.2 Å². The minimum absolute atomic E-state index is 0.501. The molecule has 0 saturated carbocycles. The number of phosphoric acid groups is 3. The number of H-pyrrole nitrogens is 1. The van der Waals surface area contributed by atoms with Gasteiger partial charge in [-0.25, -0.2) is 22.9 Å². The first-order valence-corrected chi connectivity index (χ1v) is 12.7. The molecular weight excluding hydrogens is 524 g/mol. The van der Waals surface area contributed by atoms with E-state index in [-0.39, 0.29) is 0 Å². The predicted octanol–water partition coefficient (Wildman–Crippen LogP) is -1.55. The number of ether oxygens (including phenoxy) is 2. The molecule has 0 spiro atoms. The third-order valence-electron chi connectivity index (χ3n) is 3.71. The minimum atomic E-state index is -5.87. The maximum Gasteiger partial charge on any atom is 0.490 e. The summed E-state index contributed by atoms with van der Waals surface area (Å²) in [5, 5.41) is 10.3. The molecule has 0 radical (unpaired) electrons. The van der Waals surface area contributed by atoms with Crippen LogP contribution in [0.4, 0.5) is 4.39 Å². The molecule has 0 amide bonds. The molecule has 1 saturated heterocycles. The van der Waals surface area contributed by atoms with Crippen molar-refractivity contribution in [2.24, 2.45) is 0 Å². The quantitative estimate of drug-likeness (QED) is 0.145. The fraction of sp³-hybridized carbons (Fsp3) is 0.500. The third kappa shape index (κ3) is 7.22. The zero-order chi connectivity index (χ0) is 25.2. The Kier molecular flexibility index (Phi) is 8.38. The highest BCUT2D eigenvalue weighted by atomic mass is 31.3. The van der Waals surface area contributed by atoms with Gasteiger partial charge in [-0.1, -0.05) is 5.92 Å². The average molecular weight is 540 g/mol. The number of hydrogen-bond acceptors (Lipinski definition) is 11. The van der Waals surface area contributed by atoms with Gasteiger partial charge in [0.25, 0.3) is 5.56 Å². The summed E-state index contributed by atoms with van der Waals surface area (Å²) in [6, 6.07) is 0.818. The van der Waals surface area contributed by atoms with Crippen LogP contribution in [0.3, 0.4) is 0 Å². The summed E-state index contributed by atoms with van der Waals surface area (Å²) in [5.41, 5.74) is -2.00. The summed E-state index contributed by atoms with van der Waals surface area (Å²) in [7, 11) is -17.2. The molecule has 6 N–H and O–H groups in total. The SMILES string of the molecule is C#CCO[C@]1(COP(=O)(O)OP(=O)(O)OP(=O)(O)O)O[C@@H](n2ccc(=O)[nH]c2=O)[C@H](F)[C@@H]1O. The molecular formula is C12H16FN2O15P3. The van der Waals surface area contributed by atoms with Crippen LogP contribution in [0.5, 0.6) is 0 Å². The number of halogens is 1. The molecule has 2 rings (SSSR count). The number of phosphoric ester groups is 1. The summed E-state index contributed by atoms with van der Waals surface area (Å²) in [5.74, 6) is -0.783. The molecule has 1 aromatic heterocycles. The van der Waals surface area contributed by atoms with E-state index in [1.54, 1.807) is 4.98 Å². The van der Waals surface area contributed by atoms with Crippen molar-refractivity contribution in [3.05, 3.63) is 33.1 Å². The predicted molar refractivity (Wildman–Crippen MR) is 99.7 cm³/mol. The van der Waals surface area contributed by atoms with Gasteiger partial charge in [0.2, 0.25) is 5.79 Å². The number of aliphatic hydroxyl groups is 1. The van der Waals surface area contributed by atoms with Gasteiger partial charge in [0, 0.05) is 12.3 Å². The van der Waals surface area contributed by atoms with Crippen LogP contribution in [0.25, 0.3) is 0 Å². The largest absolute Gasteiger partial charge is 0.490 e. The molecule has 2 heterocycles. The summed E-state index contributed by atoms with van der Waals surface area (Å²) >= 11 is 0. The van der Waals surface area contributed by atoms with Gasteiger partial charge >= 0.3 is 29.2 Å². The highest BCUT2D eigenvalue weighted by Gasteiger charge is 2.59. The Morgan fingerprint density at radius 2 is 1.85 bits per heavy atom. The summed E-state index contributed by atoms with van der Waals surface area (Å²) < 4.78 is 70.9. The van der Waals surface area contributed by atoms with Crippen LogP contribution < -0.4 is 11.2 Å². The zero-order valence-corrected chi connectivity index (χ0v) is 18.5. The lowest BCUT2D eigenvalue weighted by Crippen LogP contribution is -2.48. The number of rotatable bonds is 10. The number of terminal acetylenes is 1. The van der Waals surface area contributed by atoms with Crippen molar-refractivity contribution < 1.29 is 65.4 Å². The standard InChI is InChI=1S/C12H16FN2O15P3/c1-2-5-26-12(6-27-32(22,23)30-33(24,25)29-31(19,20)21)9(17)8(13)10(28-12)15-4-3-7(16)14-11(15)18/h1,3-4,8-10,17H,5-6H2,(H,22,23)(H,24,25)(H,14,16,18)(H2,19,20,21)/t8-,9+,10-,12-/m1/s1. The number of aromatic amines is 1. The highest BCUT2D eigenvalue weighted by molar-refractivity contribution is 7.66. The van der Waals surface area contributed by atoms with E-state index in [0.717, 1.165) is 12.3 Å². The van der Waals surface area contributed by atoms with Crippen molar-refractivity contribution in [3.63, 3.8) is 0 Å². The molecule has 1 fully saturated rings. The van der Waals surface area contributed by atoms with E-state index >= 15 is 0 Å². The lowest BCUT2D eigenvalue weighted by atomic mass is 10.1. The zero-order valence-electron chi connectivity index (χ0n) is 15.9. The van der Waals surface area contributed by atoms with E-state index in [2.05, 4.69) is 13.1 Å². The molecule has 0 aliphatic carbocycles. The monoisotopic (exact) mass is 540 g/mol. The van der Waals surface area contributed by atoms with Crippen LogP contribution in [0.15, 0.2) is 21.9 Å². The third-order valence-corrected chi connectivity index (χ3v) is 7.50. The van der Waals surface area contributed by atoms with Crippen molar-refractivity contribution >= 4 is 23.5 Å². The first-order valence-electron chi connectivity index (χ1n) is 8.18. The molecule has 6 atom stereocenters. The van der Waals surface area contributed by atoms with Crippen LogP contribution >= 0.6 is 23.5 Å². The Hall–Kier alpha value is -1.54. The molecule has 17 nitrogen and oxygen atoms in total. The first kappa shape index (κ1) is 27.7. The molecule has 186 valence electrons. The minimum Gasteiger partial charge on any atom is -0.384 e. The van der Waals surface area contributed by atoms with E-state index in [4.69, 9.17) is 30.6 Å². The van der Waals surface area contributed by atoms with Crippen molar-refractivity contribution in [2.75, 3.05) is 13.2 Å². The Morgan fingerprint density at radius 3 is 2.39 bits per heavy atom. The Balaban J connectivity index is 2.29. The second-order valence-electron chi connectivity index (χ2n) is 6.08. The number of aromatic nitrogens is 2. The molecule has 0 aromatic carbocycles. The number of aliphatic hydroxyl groups excluding tert-OH is 1. The lowest BCUT2D eigenvalue weighted by Gasteiger charge is -2.31. The van der Waals surface area contributed by atoms with Gasteiger partial charge in [0.1, 0.15) is 19.3 Å². The van der Waals surface area contributed by atoms with Crippen molar-refractivity contribution in [3.8, 4) is 12.3 Å². The smallest absolute Gasteiger partial charge is 0.384 e. The molecule has 1 aliphatic rings. The van der Waals surface area contributed by atoms with E-state index in [1.807, 2.05) is 5.92 Å². The van der Waals surface area contributed by atoms with E-state index in [1.165, 1.54) is 0 Å². The van der Waals surface area contributed by atoms with Gasteiger partial charge in [0.15, 0.2) is 12.4 Å². The summed E-state index contributed by atoms with van der Waals surface area (Å²) in [6.07, 6.45) is -0.980. The van der Waals surface area contributed by atoms with Crippen LogP contribution in [0, 0.1) is 12.3 Å². The van der Waals surface area contributed by atoms with Gasteiger partial charge in [0.05, 0.1) is 0 Å². The topological polar surface area (TPSA) is 253 Å². The number of nitrogens with zero attached hydrogens (tertiary/aromatic N) is 1. The van der Waals surface area contributed by atoms with Crippen LogP contribution in [-0.4, -0.2) is 65.5 Å². The average Bonchev–Trinajstić information content (AvgIpc) is 2.88. The molecule has 21 heteroatoms. The van der Waals surface area contributed by atoms with Gasteiger partial charge in [-0.15, -0.1) is 6.42 Å². The fourth-order valence-electron chi connectivity index (χ4n) is 2.49. The summed E-state index contributed by atoms with van der Waals surface area (Å²) in [6.45, 7) is -2.15. The number of alkyl halides is 1. The summed E-state index contributed by atoms with van der Waals surface area (Å²) in [4.78, 5) is 60.7. The molecule has 1 aliphatic heterocycles. The van der Waals surface area contributed by atoms with Crippen molar-refractivity contribution in [1.82, 2.24) is 9.55 Å². The second-order valence-corrected chi connectivity index (χ2v) is 10.5. The van der Waals surface area contributed by atoms with Gasteiger partial charge in [-0.3, -0.25) is 18.9 Å². The normalized spacial score (nSPS) is 29.2. The van der Waals surface area contributed by atoms with Gasteiger partial charge in [-0.2, -0.15) is 8.62 Å². The van der Waals surface area contributed by atoms with Crippen LogP contribution in [0.2, 0.25) is 0 Å². The van der Waals surface area contributed by atoms with Crippen LogP contribution in [0.1, 0.15) is 6.23 Å². The molecule has 1 aromatic rings. The Bertz CT molecular complexity index is 1170. The number of nitrogens with one attached hydrogen (secondary N) is 1. The van der Waals surface area contributed by atoms with Crippen molar-refractivity contribution in [1.29, 1.82) is 0 Å². The highest BCUT2D eigenvalue weighted by Crippen LogP contribution is 2.66. The van der Waals surface area contributed by atoms with Gasteiger partial charge in [-0.05, 0) is 0 Å².